The summed E-state index contributed by atoms with van der Waals surface area (Å²) in [6, 6.07) is 13.9. The lowest BCUT2D eigenvalue weighted by atomic mass is 10.1. The van der Waals surface area contributed by atoms with E-state index in [4.69, 9.17) is 27.4 Å². The van der Waals surface area contributed by atoms with Gasteiger partial charge in [-0.05, 0) is 60.0 Å². The Labute approximate surface area is 217 Å². The molecule has 0 fully saturated rings. The van der Waals surface area contributed by atoms with Gasteiger partial charge in [0.25, 0.3) is 5.91 Å². The number of amides is 1. The monoisotopic (exact) mass is 559 g/mol. The average molecular weight is 560 g/mol. The Balaban J connectivity index is 1.84. The van der Waals surface area contributed by atoms with Gasteiger partial charge in [0, 0.05) is 18.7 Å². The van der Waals surface area contributed by atoms with E-state index in [0.717, 1.165) is 18.2 Å². The van der Waals surface area contributed by atoms with Crippen molar-refractivity contribution in [3.8, 4) is 5.75 Å². The third kappa shape index (κ3) is 7.15. The number of rotatable bonds is 8. The van der Waals surface area contributed by atoms with Crippen molar-refractivity contribution in [1.29, 1.82) is 0 Å². The van der Waals surface area contributed by atoms with Gasteiger partial charge in [-0.25, -0.2) is 0 Å². The predicted octanol–water partition coefficient (Wildman–Crippen LogP) is 7.08. The van der Waals surface area contributed by atoms with E-state index in [-0.39, 0.29) is 29.1 Å². The lowest BCUT2D eigenvalue weighted by Crippen LogP contribution is -2.33. The summed E-state index contributed by atoms with van der Waals surface area (Å²) in [5, 5.41) is 0.553. The molecule has 0 saturated carbocycles. The molecular weight excluding hydrogens is 538 g/mol. The molecule has 0 spiro atoms. The SMILES string of the molecule is CC(C)CN(Cc1cccc(OS(=O)(=O)c2cccc(C(F)(F)F)c2)c1)C(=O)c1ccc(Cl)c(Cl)c1. The number of halogens is 5. The van der Waals surface area contributed by atoms with E-state index in [1.54, 1.807) is 17.0 Å². The maximum atomic E-state index is 13.2. The zero-order chi connectivity index (χ0) is 26.7. The van der Waals surface area contributed by atoms with Crippen LogP contribution in [0.2, 0.25) is 10.0 Å². The number of carbonyl (C=O) groups excluding carboxylic acids is 1. The average Bonchev–Trinajstić information content (AvgIpc) is 2.79. The molecule has 0 atom stereocenters. The van der Waals surface area contributed by atoms with Crippen LogP contribution in [0.5, 0.6) is 5.75 Å². The maximum absolute atomic E-state index is 13.2. The number of nitrogens with zero attached hydrogens (tertiary/aromatic N) is 1. The Kier molecular flexibility index (Phi) is 8.59. The minimum Gasteiger partial charge on any atom is -0.379 e. The number of alkyl halides is 3. The summed E-state index contributed by atoms with van der Waals surface area (Å²) in [7, 11) is -4.54. The van der Waals surface area contributed by atoms with Crippen LogP contribution in [0.3, 0.4) is 0 Å². The first-order chi connectivity index (χ1) is 16.8. The van der Waals surface area contributed by atoms with Gasteiger partial charge in [0.1, 0.15) is 10.6 Å². The van der Waals surface area contributed by atoms with E-state index in [1.807, 2.05) is 13.8 Å². The van der Waals surface area contributed by atoms with Crippen LogP contribution in [0.4, 0.5) is 13.2 Å². The quantitative estimate of drug-likeness (QED) is 0.276. The molecule has 0 N–H and O–H groups in total. The summed E-state index contributed by atoms with van der Waals surface area (Å²) in [6.07, 6.45) is -4.70. The van der Waals surface area contributed by atoms with Gasteiger partial charge in [0.15, 0.2) is 0 Å². The summed E-state index contributed by atoms with van der Waals surface area (Å²) in [5.41, 5.74) is -0.212. The summed E-state index contributed by atoms with van der Waals surface area (Å²) in [6.45, 7) is 4.40. The largest absolute Gasteiger partial charge is 0.416 e. The van der Waals surface area contributed by atoms with Crippen LogP contribution in [0, 0.1) is 5.92 Å². The van der Waals surface area contributed by atoms with Crippen molar-refractivity contribution in [2.24, 2.45) is 5.92 Å². The Bertz CT molecular complexity index is 1360. The highest BCUT2D eigenvalue weighted by atomic mass is 35.5. The van der Waals surface area contributed by atoms with E-state index >= 15 is 0 Å². The van der Waals surface area contributed by atoms with E-state index in [9.17, 15) is 26.4 Å². The first-order valence-electron chi connectivity index (χ1n) is 10.7. The van der Waals surface area contributed by atoms with Crippen LogP contribution in [0.15, 0.2) is 71.6 Å². The van der Waals surface area contributed by atoms with E-state index < -0.39 is 26.8 Å². The van der Waals surface area contributed by atoms with Gasteiger partial charge in [-0.15, -0.1) is 0 Å². The van der Waals surface area contributed by atoms with Gasteiger partial charge in [-0.1, -0.05) is 55.2 Å². The molecule has 0 heterocycles. The number of hydrogen-bond donors (Lipinski definition) is 0. The molecule has 0 aromatic heterocycles. The smallest absolute Gasteiger partial charge is 0.379 e. The van der Waals surface area contributed by atoms with Crippen molar-refractivity contribution in [1.82, 2.24) is 4.90 Å². The molecule has 3 aromatic carbocycles. The Morgan fingerprint density at radius 3 is 2.31 bits per heavy atom. The van der Waals surface area contributed by atoms with Gasteiger partial charge in [-0.3, -0.25) is 4.79 Å². The van der Waals surface area contributed by atoms with Crippen molar-refractivity contribution in [3.05, 3.63) is 93.5 Å². The van der Waals surface area contributed by atoms with Crippen LogP contribution in [-0.2, 0) is 22.8 Å². The molecule has 0 aliphatic heterocycles. The first kappa shape index (κ1) is 27.8. The van der Waals surface area contributed by atoms with E-state index in [1.165, 1.54) is 30.3 Å². The second kappa shape index (κ2) is 11.1. The highest BCUT2D eigenvalue weighted by Crippen LogP contribution is 2.31. The van der Waals surface area contributed by atoms with Crippen molar-refractivity contribution in [2.45, 2.75) is 31.5 Å². The summed E-state index contributed by atoms with van der Waals surface area (Å²) in [5.74, 6) is -0.279. The maximum Gasteiger partial charge on any atom is 0.416 e. The Morgan fingerprint density at radius 2 is 1.67 bits per heavy atom. The van der Waals surface area contributed by atoms with Crippen LogP contribution in [0.25, 0.3) is 0 Å². The summed E-state index contributed by atoms with van der Waals surface area (Å²) >= 11 is 12.0. The van der Waals surface area contributed by atoms with Crippen LogP contribution < -0.4 is 4.18 Å². The molecule has 0 bridgehead atoms. The van der Waals surface area contributed by atoms with Crippen molar-refractivity contribution >= 4 is 39.2 Å². The third-order valence-corrected chi connectivity index (χ3v) is 6.95. The molecule has 0 aliphatic rings. The minimum absolute atomic E-state index is 0.101. The van der Waals surface area contributed by atoms with Crippen molar-refractivity contribution in [2.75, 3.05) is 6.54 Å². The highest BCUT2D eigenvalue weighted by molar-refractivity contribution is 7.87. The summed E-state index contributed by atoms with van der Waals surface area (Å²) in [4.78, 5) is 14.1. The normalized spacial score (nSPS) is 12.0. The molecule has 36 heavy (non-hydrogen) atoms. The lowest BCUT2D eigenvalue weighted by Gasteiger charge is -2.25. The predicted molar refractivity (Wildman–Crippen MR) is 132 cm³/mol. The molecule has 0 unspecified atom stereocenters. The van der Waals surface area contributed by atoms with Gasteiger partial charge in [0.2, 0.25) is 0 Å². The molecule has 3 aromatic rings. The standard InChI is InChI=1S/C25H22Cl2F3NO4S/c1-16(2)14-31(24(32)18-9-10-22(26)23(27)12-18)15-17-5-3-7-20(11-17)35-36(33,34)21-8-4-6-19(13-21)25(28,29)30/h3-13,16H,14-15H2,1-2H3. The van der Waals surface area contributed by atoms with Crippen molar-refractivity contribution in [3.63, 3.8) is 0 Å². The topological polar surface area (TPSA) is 63.7 Å². The fraction of sp³-hybridized carbons (Fsp3) is 0.240. The lowest BCUT2D eigenvalue weighted by molar-refractivity contribution is -0.137. The molecule has 0 aliphatic carbocycles. The Hall–Kier alpha value is -2.75. The molecule has 0 radical (unpaired) electrons. The van der Waals surface area contributed by atoms with Crippen LogP contribution in [-0.4, -0.2) is 25.8 Å². The molecule has 5 nitrogen and oxygen atoms in total. The second-order valence-corrected chi connectivity index (χ2v) is 10.8. The molecule has 1 amide bonds. The van der Waals surface area contributed by atoms with Gasteiger partial charge in [-0.2, -0.15) is 21.6 Å². The molecule has 0 saturated heterocycles. The van der Waals surface area contributed by atoms with Gasteiger partial charge in [0.05, 0.1) is 15.6 Å². The van der Waals surface area contributed by atoms with E-state index in [2.05, 4.69) is 0 Å². The first-order valence-corrected chi connectivity index (χ1v) is 12.9. The molecule has 11 heteroatoms. The molecular formula is C25H22Cl2F3NO4S. The summed E-state index contributed by atoms with van der Waals surface area (Å²) < 4.78 is 69.4. The fourth-order valence-corrected chi connectivity index (χ4v) is 4.66. The molecule has 192 valence electrons. The van der Waals surface area contributed by atoms with Crippen LogP contribution in [0.1, 0.15) is 35.3 Å². The minimum atomic E-state index is -4.70. The highest BCUT2D eigenvalue weighted by Gasteiger charge is 2.32. The van der Waals surface area contributed by atoms with Crippen LogP contribution >= 0.6 is 23.2 Å². The molecule has 3 rings (SSSR count). The number of hydrogen-bond acceptors (Lipinski definition) is 4. The van der Waals surface area contributed by atoms with Crippen molar-refractivity contribution < 1.29 is 30.6 Å². The van der Waals surface area contributed by atoms with Gasteiger partial charge < -0.3 is 9.08 Å². The zero-order valence-corrected chi connectivity index (χ0v) is 21.5. The zero-order valence-electron chi connectivity index (χ0n) is 19.2. The van der Waals surface area contributed by atoms with Gasteiger partial charge >= 0.3 is 16.3 Å². The second-order valence-electron chi connectivity index (χ2n) is 8.42. The number of benzene rings is 3. The fourth-order valence-electron chi connectivity index (χ4n) is 3.39. The Morgan fingerprint density at radius 1 is 0.972 bits per heavy atom. The van der Waals surface area contributed by atoms with E-state index in [0.29, 0.717) is 28.8 Å². The number of carbonyl (C=O) groups is 1. The third-order valence-electron chi connectivity index (χ3n) is 4.97.